The smallest absolute Gasteiger partial charge is 0.250 e. The first-order chi connectivity index (χ1) is 8.09. The van der Waals surface area contributed by atoms with E-state index in [1.54, 1.807) is 6.20 Å². The van der Waals surface area contributed by atoms with Crippen LogP contribution in [0.25, 0.3) is 0 Å². The maximum Gasteiger partial charge on any atom is 0.250 e. The monoisotopic (exact) mass is 232 g/mol. The van der Waals surface area contributed by atoms with Crippen molar-refractivity contribution in [1.82, 2.24) is 4.98 Å². The van der Waals surface area contributed by atoms with E-state index in [4.69, 9.17) is 5.73 Å². The minimum atomic E-state index is -0.346. The second kappa shape index (κ2) is 4.86. The molecule has 0 aromatic carbocycles. The normalized spacial score (nSPS) is 14.8. The van der Waals surface area contributed by atoms with E-state index in [0.717, 1.165) is 24.8 Å². The summed E-state index contributed by atoms with van der Waals surface area (Å²) < 4.78 is 0. The number of amides is 1. The molecule has 0 saturated heterocycles. The number of pyridine rings is 1. The molecule has 1 amide bonds. The van der Waals surface area contributed by atoms with Gasteiger partial charge in [-0.05, 0) is 49.1 Å². The summed E-state index contributed by atoms with van der Waals surface area (Å²) in [4.78, 5) is 15.9. The van der Waals surface area contributed by atoms with Crippen molar-refractivity contribution in [2.45, 2.75) is 46.0 Å². The Kier molecular flexibility index (Phi) is 3.46. The number of fused-ring (bicyclic) bond motifs is 1. The average molecular weight is 232 g/mol. The predicted octanol–water partition coefficient (Wildman–Crippen LogP) is 2.26. The summed E-state index contributed by atoms with van der Waals surface area (Å²) in [5.74, 6) is 0.183. The summed E-state index contributed by atoms with van der Waals surface area (Å²) in [6, 6.07) is 0. The number of hydrogen-bond acceptors (Lipinski definition) is 2. The van der Waals surface area contributed by atoms with Gasteiger partial charge in [0.1, 0.15) is 0 Å². The van der Waals surface area contributed by atoms with Gasteiger partial charge in [0.05, 0.1) is 5.56 Å². The molecule has 3 heteroatoms. The van der Waals surface area contributed by atoms with Gasteiger partial charge < -0.3 is 5.73 Å². The molecular weight excluding hydrogens is 212 g/mol. The minimum Gasteiger partial charge on any atom is -0.366 e. The molecule has 1 aliphatic carbocycles. The molecule has 0 radical (unpaired) electrons. The lowest BCUT2D eigenvalue weighted by Gasteiger charge is -2.21. The molecule has 92 valence electrons. The van der Waals surface area contributed by atoms with Crippen molar-refractivity contribution < 1.29 is 4.79 Å². The van der Waals surface area contributed by atoms with Gasteiger partial charge in [-0.1, -0.05) is 13.8 Å². The van der Waals surface area contributed by atoms with Crippen molar-refractivity contribution in [1.29, 1.82) is 0 Å². The largest absolute Gasteiger partial charge is 0.366 e. The third-order valence-corrected chi connectivity index (χ3v) is 3.36. The molecule has 1 aromatic heterocycles. The van der Waals surface area contributed by atoms with Gasteiger partial charge in [-0.3, -0.25) is 9.78 Å². The fourth-order valence-electron chi connectivity index (χ4n) is 2.59. The SMILES string of the molecule is CC(C)Cc1c(C(N)=O)cnc2c1CCCC2. The zero-order valence-electron chi connectivity index (χ0n) is 10.6. The molecule has 0 spiro atoms. The number of carbonyl (C=O) groups is 1. The van der Waals surface area contributed by atoms with Crippen molar-refractivity contribution in [3.8, 4) is 0 Å². The first-order valence-electron chi connectivity index (χ1n) is 6.39. The maximum atomic E-state index is 11.5. The van der Waals surface area contributed by atoms with Crippen molar-refractivity contribution in [3.63, 3.8) is 0 Å². The molecule has 3 nitrogen and oxygen atoms in total. The van der Waals surface area contributed by atoms with Gasteiger partial charge in [-0.25, -0.2) is 0 Å². The molecule has 0 atom stereocenters. The van der Waals surface area contributed by atoms with Crippen LogP contribution < -0.4 is 5.73 Å². The summed E-state index contributed by atoms with van der Waals surface area (Å²) in [7, 11) is 0. The van der Waals surface area contributed by atoms with Gasteiger partial charge in [0.25, 0.3) is 5.91 Å². The molecular formula is C14H20N2O. The van der Waals surface area contributed by atoms with Crippen molar-refractivity contribution >= 4 is 5.91 Å². The number of nitrogens with two attached hydrogens (primary N) is 1. The fraction of sp³-hybridized carbons (Fsp3) is 0.571. The Morgan fingerprint density at radius 2 is 2.12 bits per heavy atom. The molecule has 2 rings (SSSR count). The molecule has 1 aliphatic rings. The quantitative estimate of drug-likeness (QED) is 0.869. The van der Waals surface area contributed by atoms with Crippen LogP contribution in [0, 0.1) is 5.92 Å². The highest BCUT2D eigenvalue weighted by atomic mass is 16.1. The fourth-order valence-corrected chi connectivity index (χ4v) is 2.59. The summed E-state index contributed by atoms with van der Waals surface area (Å²) in [6.07, 6.45) is 7.08. The molecule has 0 fully saturated rings. The summed E-state index contributed by atoms with van der Waals surface area (Å²) in [6.45, 7) is 4.33. The van der Waals surface area contributed by atoms with E-state index in [-0.39, 0.29) is 5.91 Å². The Morgan fingerprint density at radius 3 is 2.76 bits per heavy atom. The lowest BCUT2D eigenvalue weighted by Crippen LogP contribution is -2.20. The zero-order chi connectivity index (χ0) is 12.4. The van der Waals surface area contributed by atoms with Gasteiger partial charge >= 0.3 is 0 Å². The van der Waals surface area contributed by atoms with Gasteiger partial charge in [0.15, 0.2) is 0 Å². The Bertz CT molecular complexity index is 438. The second-order valence-electron chi connectivity index (χ2n) is 5.25. The first kappa shape index (κ1) is 12.1. The van der Waals surface area contributed by atoms with Crippen LogP contribution >= 0.6 is 0 Å². The topological polar surface area (TPSA) is 56.0 Å². The van der Waals surface area contributed by atoms with Crippen LogP contribution in [0.2, 0.25) is 0 Å². The second-order valence-corrected chi connectivity index (χ2v) is 5.25. The van der Waals surface area contributed by atoms with Gasteiger partial charge in [-0.15, -0.1) is 0 Å². The molecule has 1 heterocycles. The molecule has 17 heavy (non-hydrogen) atoms. The highest BCUT2D eigenvalue weighted by molar-refractivity contribution is 5.94. The van der Waals surface area contributed by atoms with E-state index < -0.39 is 0 Å². The number of hydrogen-bond donors (Lipinski definition) is 1. The Balaban J connectivity index is 2.51. The van der Waals surface area contributed by atoms with Crippen LogP contribution in [0.1, 0.15) is 53.9 Å². The van der Waals surface area contributed by atoms with Gasteiger partial charge in [-0.2, -0.15) is 0 Å². The van der Waals surface area contributed by atoms with Crippen LogP contribution in [0.4, 0.5) is 0 Å². The number of rotatable bonds is 3. The first-order valence-corrected chi connectivity index (χ1v) is 6.39. The van der Waals surface area contributed by atoms with Crippen LogP contribution in [-0.2, 0) is 19.3 Å². The molecule has 2 N–H and O–H groups in total. The van der Waals surface area contributed by atoms with Crippen LogP contribution in [0.3, 0.4) is 0 Å². The maximum absolute atomic E-state index is 11.5. The molecule has 0 aliphatic heterocycles. The third-order valence-electron chi connectivity index (χ3n) is 3.36. The van der Waals surface area contributed by atoms with Crippen LogP contribution in [-0.4, -0.2) is 10.9 Å². The number of carbonyl (C=O) groups excluding carboxylic acids is 1. The molecule has 0 bridgehead atoms. The molecule has 0 saturated carbocycles. The van der Waals surface area contributed by atoms with Gasteiger partial charge in [0, 0.05) is 11.9 Å². The lowest BCUT2D eigenvalue weighted by molar-refractivity contribution is 0.0998. The number of nitrogens with zero attached hydrogens (tertiary/aromatic N) is 1. The zero-order valence-corrected chi connectivity index (χ0v) is 10.6. The number of aryl methyl sites for hydroxylation is 1. The summed E-state index contributed by atoms with van der Waals surface area (Å²) in [5.41, 5.74) is 9.69. The third kappa shape index (κ3) is 2.48. The highest BCUT2D eigenvalue weighted by Gasteiger charge is 2.20. The predicted molar refractivity (Wildman–Crippen MR) is 67.9 cm³/mol. The number of primary amides is 1. The minimum absolute atomic E-state index is 0.346. The van der Waals surface area contributed by atoms with E-state index in [1.165, 1.54) is 24.1 Å². The average Bonchev–Trinajstić information content (AvgIpc) is 2.28. The molecule has 0 unspecified atom stereocenters. The Labute approximate surface area is 102 Å². The van der Waals surface area contributed by atoms with Crippen molar-refractivity contribution in [2.75, 3.05) is 0 Å². The van der Waals surface area contributed by atoms with E-state index in [1.807, 2.05) is 0 Å². The van der Waals surface area contributed by atoms with Crippen molar-refractivity contribution in [2.24, 2.45) is 11.7 Å². The van der Waals surface area contributed by atoms with E-state index >= 15 is 0 Å². The van der Waals surface area contributed by atoms with Crippen LogP contribution in [0.15, 0.2) is 6.20 Å². The van der Waals surface area contributed by atoms with E-state index in [2.05, 4.69) is 18.8 Å². The van der Waals surface area contributed by atoms with E-state index in [0.29, 0.717) is 11.5 Å². The van der Waals surface area contributed by atoms with Crippen molar-refractivity contribution in [3.05, 3.63) is 28.6 Å². The summed E-state index contributed by atoms with van der Waals surface area (Å²) >= 11 is 0. The lowest BCUT2D eigenvalue weighted by atomic mass is 9.86. The molecule has 1 aromatic rings. The Hall–Kier alpha value is -1.38. The van der Waals surface area contributed by atoms with Crippen LogP contribution in [0.5, 0.6) is 0 Å². The number of aromatic nitrogens is 1. The summed E-state index contributed by atoms with van der Waals surface area (Å²) in [5, 5.41) is 0. The van der Waals surface area contributed by atoms with E-state index in [9.17, 15) is 4.79 Å². The van der Waals surface area contributed by atoms with Gasteiger partial charge in [0.2, 0.25) is 0 Å². The Morgan fingerprint density at radius 1 is 1.41 bits per heavy atom. The standard InChI is InChI=1S/C14H20N2O/c1-9(2)7-11-10-5-3-4-6-13(10)16-8-12(11)14(15)17/h8-9H,3-7H2,1-2H3,(H2,15,17). The highest BCUT2D eigenvalue weighted by Crippen LogP contribution is 2.27.